The van der Waals surface area contributed by atoms with Crippen molar-refractivity contribution in [3.8, 4) is 0 Å². The van der Waals surface area contributed by atoms with Crippen LogP contribution in [0.5, 0.6) is 0 Å². The third-order valence-electron chi connectivity index (χ3n) is 3.23. The van der Waals surface area contributed by atoms with E-state index in [1.54, 1.807) is 7.11 Å². The van der Waals surface area contributed by atoms with Crippen LogP contribution in [-0.2, 0) is 18.3 Å². The molecular weight excluding hydrogens is 232 g/mol. The summed E-state index contributed by atoms with van der Waals surface area (Å²) in [5.74, 6) is 2.65. The molecular formula is C12H22N4O2. The first-order chi connectivity index (χ1) is 8.61. The molecule has 1 aromatic rings. The number of rotatable bonds is 7. The largest absolute Gasteiger partial charge is 0.389 e. The van der Waals surface area contributed by atoms with Gasteiger partial charge >= 0.3 is 0 Å². The average Bonchev–Trinajstić information content (AvgIpc) is 3.07. The average molecular weight is 254 g/mol. The van der Waals surface area contributed by atoms with Crippen LogP contribution in [0.4, 0.5) is 0 Å². The molecule has 1 atom stereocenters. The van der Waals surface area contributed by atoms with Gasteiger partial charge in [-0.25, -0.2) is 0 Å². The van der Waals surface area contributed by atoms with Gasteiger partial charge in [-0.3, -0.25) is 4.90 Å². The molecule has 0 spiro atoms. The number of hydrogen-bond donors (Lipinski definition) is 1. The lowest BCUT2D eigenvalue weighted by atomic mass is 10.3. The summed E-state index contributed by atoms with van der Waals surface area (Å²) in [4.78, 5) is 2.03. The van der Waals surface area contributed by atoms with Gasteiger partial charge in [0.05, 0.1) is 19.3 Å². The lowest BCUT2D eigenvalue weighted by Gasteiger charge is -2.19. The Bertz CT molecular complexity index is 389. The van der Waals surface area contributed by atoms with Crippen LogP contribution in [0.15, 0.2) is 0 Å². The van der Waals surface area contributed by atoms with Crippen molar-refractivity contribution >= 4 is 0 Å². The number of aromatic nitrogens is 3. The molecule has 1 N–H and O–H groups in total. The van der Waals surface area contributed by atoms with E-state index in [-0.39, 0.29) is 0 Å². The van der Waals surface area contributed by atoms with Crippen LogP contribution in [0.25, 0.3) is 0 Å². The van der Waals surface area contributed by atoms with Gasteiger partial charge in [0.15, 0.2) is 0 Å². The molecule has 1 saturated carbocycles. The molecule has 6 heteroatoms. The predicted octanol–water partition coefficient (Wildman–Crippen LogP) is 0.132. The van der Waals surface area contributed by atoms with Crippen LogP contribution >= 0.6 is 0 Å². The van der Waals surface area contributed by atoms with Crippen LogP contribution in [0, 0.1) is 0 Å². The summed E-state index contributed by atoms with van der Waals surface area (Å²) in [6.07, 6.45) is 2.00. The smallest absolute Gasteiger partial charge is 0.146 e. The zero-order valence-electron chi connectivity index (χ0n) is 11.3. The number of nitrogens with zero attached hydrogens (tertiary/aromatic N) is 4. The van der Waals surface area contributed by atoms with E-state index in [4.69, 9.17) is 4.74 Å². The van der Waals surface area contributed by atoms with Gasteiger partial charge in [0.25, 0.3) is 0 Å². The number of ether oxygens (including phenoxy) is 1. The monoisotopic (exact) mass is 254 g/mol. The molecule has 6 nitrogen and oxygen atoms in total. The normalized spacial score (nSPS) is 17.4. The minimum atomic E-state index is -0.462. The van der Waals surface area contributed by atoms with Gasteiger partial charge in [-0.15, -0.1) is 10.2 Å². The van der Waals surface area contributed by atoms with Crippen molar-refractivity contribution in [2.45, 2.75) is 31.4 Å². The molecule has 0 aromatic carbocycles. The molecule has 2 rings (SSSR count). The van der Waals surface area contributed by atoms with E-state index in [2.05, 4.69) is 14.8 Å². The Morgan fingerprint density at radius 1 is 1.50 bits per heavy atom. The molecule has 0 saturated heterocycles. The molecule has 0 aliphatic heterocycles. The van der Waals surface area contributed by atoms with Crippen LogP contribution < -0.4 is 0 Å². The predicted molar refractivity (Wildman–Crippen MR) is 67.2 cm³/mol. The van der Waals surface area contributed by atoms with E-state index in [9.17, 15) is 5.11 Å². The minimum absolute atomic E-state index is 0.358. The lowest BCUT2D eigenvalue weighted by Crippen LogP contribution is -2.32. The summed E-state index contributed by atoms with van der Waals surface area (Å²) in [6.45, 7) is 1.62. The summed E-state index contributed by atoms with van der Waals surface area (Å²) in [7, 11) is 5.57. The summed E-state index contributed by atoms with van der Waals surface area (Å²) in [5, 5.41) is 18.1. The Kier molecular flexibility index (Phi) is 4.31. The van der Waals surface area contributed by atoms with Crippen molar-refractivity contribution in [3.05, 3.63) is 11.6 Å². The third kappa shape index (κ3) is 3.28. The molecule has 1 unspecified atom stereocenters. The van der Waals surface area contributed by atoms with E-state index < -0.39 is 6.10 Å². The van der Waals surface area contributed by atoms with E-state index in [1.165, 1.54) is 12.8 Å². The van der Waals surface area contributed by atoms with Gasteiger partial charge in [0.1, 0.15) is 11.6 Å². The Morgan fingerprint density at radius 3 is 2.83 bits per heavy atom. The van der Waals surface area contributed by atoms with Gasteiger partial charge in [0, 0.05) is 26.6 Å². The number of likely N-dealkylation sites (N-methyl/N-ethyl adjacent to an activating group) is 1. The van der Waals surface area contributed by atoms with Crippen LogP contribution in [0.1, 0.15) is 30.4 Å². The zero-order valence-corrected chi connectivity index (χ0v) is 11.3. The van der Waals surface area contributed by atoms with Gasteiger partial charge < -0.3 is 14.4 Å². The molecule has 0 radical (unpaired) electrons. The second-order valence-corrected chi connectivity index (χ2v) is 5.11. The highest BCUT2D eigenvalue weighted by molar-refractivity contribution is 5.07. The van der Waals surface area contributed by atoms with Crippen molar-refractivity contribution < 1.29 is 9.84 Å². The Balaban J connectivity index is 1.88. The van der Waals surface area contributed by atoms with Crippen molar-refractivity contribution in [3.63, 3.8) is 0 Å². The number of aliphatic hydroxyl groups is 1. The Labute approximate surface area is 108 Å². The molecule has 0 amide bonds. The minimum Gasteiger partial charge on any atom is -0.389 e. The van der Waals surface area contributed by atoms with E-state index in [1.807, 2.05) is 19.0 Å². The molecule has 1 aliphatic carbocycles. The van der Waals surface area contributed by atoms with Gasteiger partial charge in [-0.1, -0.05) is 0 Å². The maximum atomic E-state index is 9.66. The SMILES string of the molecule is COCC(O)CN(C)Cc1nnc(C2CC2)n1C. The van der Waals surface area contributed by atoms with Gasteiger partial charge in [-0.05, 0) is 19.9 Å². The quantitative estimate of drug-likeness (QED) is 0.749. The van der Waals surface area contributed by atoms with Crippen molar-refractivity contribution in [1.29, 1.82) is 0 Å². The van der Waals surface area contributed by atoms with Gasteiger partial charge in [0.2, 0.25) is 0 Å². The molecule has 0 bridgehead atoms. The number of hydrogen-bond acceptors (Lipinski definition) is 5. The Hall–Kier alpha value is -0.980. The van der Waals surface area contributed by atoms with Crippen LogP contribution in [0.2, 0.25) is 0 Å². The fourth-order valence-corrected chi connectivity index (χ4v) is 2.12. The highest BCUT2D eigenvalue weighted by Crippen LogP contribution is 2.38. The second kappa shape index (κ2) is 5.77. The van der Waals surface area contributed by atoms with Crippen molar-refractivity contribution in [2.75, 3.05) is 27.3 Å². The molecule has 18 heavy (non-hydrogen) atoms. The van der Waals surface area contributed by atoms with Gasteiger partial charge in [-0.2, -0.15) is 0 Å². The fraction of sp³-hybridized carbons (Fsp3) is 0.833. The standard InChI is InChI=1S/C12H22N4O2/c1-15(6-10(17)8-18-3)7-11-13-14-12(16(11)2)9-4-5-9/h9-10,17H,4-8H2,1-3H3. The van der Waals surface area contributed by atoms with E-state index in [0.717, 1.165) is 11.6 Å². The Morgan fingerprint density at radius 2 is 2.22 bits per heavy atom. The fourth-order valence-electron chi connectivity index (χ4n) is 2.12. The molecule has 1 aromatic heterocycles. The first-order valence-corrected chi connectivity index (χ1v) is 6.35. The summed E-state index contributed by atoms with van der Waals surface area (Å²) in [5.41, 5.74) is 0. The maximum absolute atomic E-state index is 9.66. The topological polar surface area (TPSA) is 63.4 Å². The van der Waals surface area contributed by atoms with Crippen molar-refractivity contribution in [1.82, 2.24) is 19.7 Å². The van der Waals surface area contributed by atoms with Crippen LogP contribution in [0.3, 0.4) is 0 Å². The summed E-state index contributed by atoms with van der Waals surface area (Å²) < 4.78 is 6.99. The first kappa shape index (κ1) is 13.5. The second-order valence-electron chi connectivity index (χ2n) is 5.11. The highest BCUT2D eigenvalue weighted by atomic mass is 16.5. The number of aliphatic hydroxyl groups excluding tert-OH is 1. The summed E-state index contributed by atoms with van der Waals surface area (Å²) >= 11 is 0. The highest BCUT2D eigenvalue weighted by Gasteiger charge is 2.29. The zero-order chi connectivity index (χ0) is 13.1. The third-order valence-corrected chi connectivity index (χ3v) is 3.23. The molecule has 102 valence electrons. The molecule has 1 aliphatic rings. The molecule has 1 heterocycles. The molecule has 1 fully saturated rings. The maximum Gasteiger partial charge on any atom is 0.146 e. The van der Waals surface area contributed by atoms with Crippen LogP contribution in [-0.4, -0.2) is 58.2 Å². The number of methoxy groups -OCH3 is 1. The summed E-state index contributed by atoms with van der Waals surface area (Å²) in [6, 6.07) is 0. The van der Waals surface area contributed by atoms with E-state index >= 15 is 0 Å². The first-order valence-electron chi connectivity index (χ1n) is 6.35. The lowest BCUT2D eigenvalue weighted by molar-refractivity contribution is 0.0412. The van der Waals surface area contributed by atoms with E-state index in [0.29, 0.717) is 25.6 Å². The van der Waals surface area contributed by atoms with Crippen molar-refractivity contribution in [2.24, 2.45) is 7.05 Å².